The highest BCUT2D eigenvalue weighted by Crippen LogP contribution is 2.23. The van der Waals surface area contributed by atoms with Gasteiger partial charge in [0.15, 0.2) is 0 Å². The Balaban J connectivity index is 1.90. The van der Waals surface area contributed by atoms with Gasteiger partial charge in [0, 0.05) is 23.2 Å². The van der Waals surface area contributed by atoms with Gasteiger partial charge in [-0.25, -0.2) is 4.98 Å². The summed E-state index contributed by atoms with van der Waals surface area (Å²) in [6.45, 7) is 0.493. The van der Waals surface area contributed by atoms with Crippen LogP contribution in [0.25, 0.3) is 10.9 Å². The summed E-state index contributed by atoms with van der Waals surface area (Å²) >= 11 is 1.59. The molecule has 0 fully saturated rings. The van der Waals surface area contributed by atoms with Crippen molar-refractivity contribution in [2.45, 2.75) is 6.61 Å². The van der Waals surface area contributed by atoms with Crippen LogP contribution < -0.4 is 4.74 Å². The first-order valence-electron chi connectivity index (χ1n) is 5.28. The maximum Gasteiger partial charge on any atom is 0.146 e. The molecule has 84 valence electrons. The van der Waals surface area contributed by atoms with E-state index < -0.39 is 0 Å². The molecule has 3 aromatic rings. The molecular formula is C13H10N2OS. The topological polar surface area (TPSA) is 35.0 Å². The van der Waals surface area contributed by atoms with Crippen LogP contribution in [0.3, 0.4) is 0 Å². The minimum atomic E-state index is 0.493. The predicted molar refractivity (Wildman–Crippen MR) is 68.2 cm³/mol. The third-order valence-corrected chi connectivity index (χ3v) is 3.18. The zero-order valence-corrected chi connectivity index (χ0v) is 9.85. The lowest BCUT2D eigenvalue weighted by molar-refractivity contribution is 0.309. The fraction of sp³-hybridized carbons (Fsp3) is 0.0769. The molecule has 3 rings (SSSR count). The molecule has 2 aromatic heterocycles. The van der Waals surface area contributed by atoms with Crippen LogP contribution in [0.4, 0.5) is 0 Å². The number of ether oxygens (including phenoxy) is 1. The number of aromatic nitrogens is 2. The third-order valence-electron chi connectivity index (χ3n) is 2.43. The summed E-state index contributed by atoms with van der Waals surface area (Å²) in [5.41, 5.74) is 0.895. The predicted octanol–water partition coefficient (Wildman–Crippen LogP) is 3.27. The van der Waals surface area contributed by atoms with E-state index in [1.54, 1.807) is 23.7 Å². The zero-order valence-electron chi connectivity index (χ0n) is 9.04. The molecule has 0 radical (unpaired) electrons. The highest BCUT2D eigenvalue weighted by Gasteiger charge is 2.03. The molecule has 0 N–H and O–H groups in total. The molecular weight excluding hydrogens is 232 g/mol. The first-order chi connectivity index (χ1) is 8.43. The lowest BCUT2D eigenvalue weighted by Gasteiger charge is -2.06. The van der Waals surface area contributed by atoms with E-state index in [-0.39, 0.29) is 0 Å². The van der Waals surface area contributed by atoms with Crippen molar-refractivity contribution in [2.75, 3.05) is 0 Å². The van der Waals surface area contributed by atoms with Crippen LogP contribution in [0.2, 0.25) is 0 Å². The van der Waals surface area contributed by atoms with Crippen molar-refractivity contribution in [1.82, 2.24) is 9.97 Å². The zero-order chi connectivity index (χ0) is 11.5. The Labute approximate surface area is 103 Å². The second-order valence-electron chi connectivity index (χ2n) is 3.55. The highest BCUT2D eigenvalue weighted by molar-refractivity contribution is 7.09. The summed E-state index contributed by atoms with van der Waals surface area (Å²) < 4.78 is 5.75. The molecule has 0 aliphatic carbocycles. The van der Waals surface area contributed by atoms with Crippen molar-refractivity contribution >= 4 is 22.2 Å². The van der Waals surface area contributed by atoms with E-state index >= 15 is 0 Å². The molecule has 0 spiro atoms. The fourth-order valence-electron chi connectivity index (χ4n) is 1.66. The van der Waals surface area contributed by atoms with Crippen molar-refractivity contribution in [3.63, 3.8) is 0 Å². The molecule has 0 saturated heterocycles. The maximum atomic E-state index is 5.75. The average Bonchev–Trinajstić information content (AvgIpc) is 2.89. The molecule has 2 heterocycles. The van der Waals surface area contributed by atoms with Crippen molar-refractivity contribution in [3.8, 4) is 5.75 Å². The van der Waals surface area contributed by atoms with Crippen molar-refractivity contribution < 1.29 is 4.74 Å². The smallest absolute Gasteiger partial charge is 0.146 e. The number of thiazole rings is 1. The fourth-order valence-corrected chi connectivity index (χ4v) is 2.18. The van der Waals surface area contributed by atoms with Gasteiger partial charge in [-0.15, -0.1) is 11.3 Å². The average molecular weight is 242 g/mol. The largest absolute Gasteiger partial charge is 0.484 e. The Morgan fingerprint density at radius 2 is 2.00 bits per heavy atom. The van der Waals surface area contributed by atoms with E-state index in [4.69, 9.17) is 4.74 Å². The Morgan fingerprint density at radius 1 is 1.06 bits per heavy atom. The molecule has 0 bridgehead atoms. The minimum absolute atomic E-state index is 0.493. The van der Waals surface area contributed by atoms with Gasteiger partial charge in [-0.1, -0.05) is 18.2 Å². The molecule has 0 unspecified atom stereocenters. The first kappa shape index (κ1) is 10.2. The SMILES string of the molecule is c1cnc2c(OCc3nccs3)cccc2c1. The molecule has 17 heavy (non-hydrogen) atoms. The summed E-state index contributed by atoms with van der Waals surface area (Å²) in [5.74, 6) is 0.804. The maximum absolute atomic E-state index is 5.75. The van der Waals surface area contributed by atoms with Crippen LogP contribution in [0, 0.1) is 0 Å². The van der Waals surface area contributed by atoms with Crippen LogP contribution in [-0.4, -0.2) is 9.97 Å². The summed E-state index contributed by atoms with van der Waals surface area (Å²) in [6, 6.07) is 9.88. The van der Waals surface area contributed by atoms with E-state index in [1.807, 2.05) is 35.7 Å². The van der Waals surface area contributed by atoms with Crippen LogP contribution in [0.5, 0.6) is 5.75 Å². The summed E-state index contributed by atoms with van der Waals surface area (Å²) in [6.07, 6.45) is 3.56. The van der Waals surface area contributed by atoms with Crippen LogP contribution in [0.15, 0.2) is 48.1 Å². The molecule has 0 saturated carbocycles. The van der Waals surface area contributed by atoms with Crippen LogP contribution in [0.1, 0.15) is 5.01 Å². The van der Waals surface area contributed by atoms with Gasteiger partial charge < -0.3 is 4.74 Å². The van der Waals surface area contributed by atoms with Gasteiger partial charge in [0.2, 0.25) is 0 Å². The summed E-state index contributed by atoms with van der Waals surface area (Å²) in [7, 11) is 0. The molecule has 0 amide bonds. The minimum Gasteiger partial charge on any atom is -0.484 e. The highest BCUT2D eigenvalue weighted by atomic mass is 32.1. The lowest BCUT2D eigenvalue weighted by atomic mass is 10.2. The summed E-state index contributed by atoms with van der Waals surface area (Å²) in [5, 5.41) is 4.00. The van der Waals surface area contributed by atoms with Crippen LogP contribution in [-0.2, 0) is 6.61 Å². The quantitative estimate of drug-likeness (QED) is 0.707. The van der Waals surface area contributed by atoms with Crippen molar-refractivity contribution in [3.05, 3.63) is 53.1 Å². The Hall–Kier alpha value is -1.94. The second kappa shape index (κ2) is 4.51. The van der Waals surface area contributed by atoms with Gasteiger partial charge in [-0.3, -0.25) is 4.98 Å². The number of fused-ring (bicyclic) bond motifs is 1. The molecule has 0 atom stereocenters. The third kappa shape index (κ3) is 2.12. The van der Waals surface area contributed by atoms with E-state index in [9.17, 15) is 0 Å². The number of pyridine rings is 1. The number of nitrogens with zero attached hydrogens (tertiary/aromatic N) is 2. The number of hydrogen-bond donors (Lipinski definition) is 0. The molecule has 0 aliphatic rings. The number of para-hydroxylation sites is 1. The molecule has 1 aromatic carbocycles. The first-order valence-corrected chi connectivity index (χ1v) is 6.16. The number of rotatable bonds is 3. The van der Waals surface area contributed by atoms with Gasteiger partial charge in [0.05, 0.1) is 0 Å². The normalized spacial score (nSPS) is 10.6. The van der Waals surface area contributed by atoms with E-state index in [0.29, 0.717) is 6.61 Å². The number of hydrogen-bond acceptors (Lipinski definition) is 4. The lowest BCUT2D eigenvalue weighted by Crippen LogP contribution is -1.95. The van der Waals surface area contributed by atoms with Crippen LogP contribution >= 0.6 is 11.3 Å². The number of benzene rings is 1. The monoisotopic (exact) mass is 242 g/mol. The van der Waals surface area contributed by atoms with Crippen molar-refractivity contribution in [2.24, 2.45) is 0 Å². The molecule has 0 aliphatic heterocycles. The Morgan fingerprint density at radius 3 is 2.88 bits per heavy atom. The van der Waals surface area contributed by atoms with E-state index in [1.165, 1.54) is 0 Å². The Bertz CT molecular complexity index is 617. The Kier molecular flexibility index (Phi) is 2.71. The summed E-state index contributed by atoms with van der Waals surface area (Å²) in [4.78, 5) is 8.52. The van der Waals surface area contributed by atoms with Gasteiger partial charge in [-0.05, 0) is 12.1 Å². The van der Waals surface area contributed by atoms with Crippen molar-refractivity contribution in [1.29, 1.82) is 0 Å². The van der Waals surface area contributed by atoms with Gasteiger partial charge in [-0.2, -0.15) is 0 Å². The molecule has 4 heteroatoms. The van der Waals surface area contributed by atoms with Gasteiger partial charge >= 0.3 is 0 Å². The van der Waals surface area contributed by atoms with E-state index in [2.05, 4.69) is 9.97 Å². The van der Waals surface area contributed by atoms with Gasteiger partial charge in [0.25, 0.3) is 0 Å². The molecule has 3 nitrogen and oxygen atoms in total. The second-order valence-corrected chi connectivity index (χ2v) is 4.52. The standard InChI is InChI=1S/C13H10N2OS/c1-3-10-4-2-6-15-13(10)11(5-1)16-9-12-14-7-8-17-12/h1-8H,9H2. The van der Waals surface area contributed by atoms with E-state index in [0.717, 1.165) is 21.7 Å². The van der Waals surface area contributed by atoms with Gasteiger partial charge in [0.1, 0.15) is 22.9 Å².